The Morgan fingerprint density at radius 1 is 0.844 bits per heavy atom. The molecule has 0 bridgehead atoms. The van der Waals surface area contributed by atoms with Crippen molar-refractivity contribution in [2.75, 3.05) is 32.8 Å². The summed E-state index contributed by atoms with van der Waals surface area (Å²) in [6, 6.07) is 12.2. The van der Waals surface area contributed by atoms with Crippen LogP contribution in [-0.4, -0.2) is 56.4 Å². The second kappa shape index (κ2) is 8.75. The third-order valence-electron chi connectivity index (χ3n) is 6.52. The van der Waals surface area contributed by atoms with Crippen LogP contribution in [0.5, 0.6) is 11.5 Å². The van der Waals surface area contributed by atoms with Crippen molar-refractivity contribution in [3.05, 3.63) is 53.6 Å². The summed E-state index contributed by atoms with van der Waals surface area (Å²) < 4.78 is 38.6. The van der Waals surface area contributed by atoms with E-state index in [1.165, 1.54) is 0 Å². The van der Waals surface area contributed by atoms with Gasteiger partial charge in [0.2, 0.25) is 10.0 Å². The van der Waals surface area contributed by atoms with Crippen LogP contribution < -0.4 is 9.47 Å². The average Bonchev–Trinajstić information content (AvgIpc) is 3.34. The third kappa shape index (κ3) is 3.97. The van der Waals surface area contributed by atoms with E-state index in [1.54, 1.807) is 28.6 Å². The van der Waals surface area contributed by atoms with Gasteiger partial charge in [-0.15, -0.1) is 0 Å². The molecule has 0 unspecified atom stereocenters. The minimum absolute atomic E-state index is 0.0323. The molecule has 0 aromatic heterocycles. The number of amides is 1. The Labute approximate surface area is 189 Å². The first-order valence-corrected chi connectivity index (χ1v) is 12.8. The number of benzene rings is 2. The Morgan fingerprint density at radius 3 is 2.31 bits per heavy atom. The molecule has 2 aromatic carbocycles. The topological polar surface area (TPSA) is 76.2 Å². The molecule has 0 saturated carbocycles. The molecule has 2 fully saturated rings. The molecule has 5 rings (SSSR count). The Hall–Kier alpha value is -2.58. The minimum Gasteiger partial charge on any atom is -0.486 e. The highest BCUT2D eigenvalue weighted by atomic mass is 32.2. The lowest BCUT2D eigenvalue weighted by Gasteiger charge is -2.27. The van der Waals surface area contributed by atoms with Crippen LogP contribution in [0.2, 0.25) is 0 Å². The molecule has 2 aromatic rings. The van der Waals surface area contributed by atoms with Gasteiger partial charge in [-0.25, -0.2) is 8.42 Å². The number of hydrogen-bond acceptors (Lipinski definition) is 5. The number of fused-ring (bicyclic) bond motifs is 1. The van der Waals surface area contributed by atoms with E-state index in [1.807, 2.05) is 23.1 Å². The zero-order valence-electron chi connectivity index (χ0n) is 18.0. The highest BCUT2D eigenvalue weighted by Gasteiger charge is 2.32. The van der Waals surface area contributed by atoms with Crippen LogP contribution in [0.4, 0.5) is 0 Å². The normalized spacial score (nSPS) is 21.5. The number of sulfonamides is 1. The molecule has 2 saturated heterocycles. The summed E-state index contributed by atoms with van der Waals surface area (Å²) in [6.45, 7) is 2.87. The fourth-order valence-electron chi connectivity index (χ4n) is 4.81. The van der Waals surface area contributed by atoms with Gasteiger partial charge in [-0.05, 0) is 67.6 Å². The molecule has 0 aliphatic carbocycles. The lowest BCUT2D eigenvalue weighted by atomic mass is 10.0. The third-order valence-corrected chi connectivity index (χ3v) is 8.43. The van der Waals surface area contributed by atoms with E-state index in [2.05, 4.69) is 0 Å². The zero-order chi connectivity index (χ0) is 22.1. The molecule has 3 heterocycles. The number of piperidine rings is 1. The monoisotopic (exact) mass is 456 g/mol. The van der Waals surface area contributed by atoms with Gasteiger partial charge in [0, 0.05) is 25.2 Å². The summed E-state index contributed by atoms with van der Waals surface area (Å²) in [5.41, 5.74) is 1.54. The van der Waals surface area contributed by atoms with Gasteiger partial charge in [0.15, 0.2) is 11.5 Å². The van der Waals surface area contributed by atoms with E-state index in [9.17, 15) is 13.2 Å². The van der Waals surface area contributed by atoms with Gasteiger partial charge in [-0.3, -0.25) is 4.79 Å². The van der Waals surface area contributed by atoms with Crippen molar-refractivity contribution in [3.8, 4) is 11.5 Å². The molecule has 32 heavy (non-hydrogen) atoms. The maximum atomic E-state index is 13.3. The van der Waals surface area contributed by atoms with Crippen molar-refractivity contribution in [3.63, 3.8) is 0 Å². The first kappa shape index (κ1) is 21.3. The quantitative estimate of drug-likeness (QED) is 0.703. The Morgan fingerprint density at radius 2 is 1.56 bits per heavy atom. The van der Waals surface area contributed by atoms with Crippen LogP contribution in [0.3, 0.4) is 0 Å². The largest absolute Gasteiger partial charge is 0.486 e. The summed E-state index contributed by atoms with van der Waals surface area (Å²) in [5.74, 6) is 1.38. The maximum Gasteiger partial charge on any atom is 0.254 e. The fourth-order valence-corrected chi connectivity index (χ4v) is 6.33. The average molecular weight is 457 g/mol. The zero-order valence-corrected chi connectivity index (χ0v) is 18.9. The fraction of sp³-hybridized carbons (Fsp3) is 0.458. The molecule has 0 spiro atoms. The van der Waals surface area contributed by atoms with Crippen LogP contribution in [-0.2, 0) is 10.0 Å². The Bertz CT molecular complexity index is 1090. The van der Waals surface area contributed by atoms with Crippen molar-refractivity contribution in [1.82, 2.24) is 9.21 Å². The lowest BCUT2D eigenvalue weighted by molar-refractivity contribution is 0.0735. The standard InChI is InChI=1S/C24H28N2O5S/c27-24(18-6-9-20(10-7-18)32(28,29)25-12-2-1-3-13-25)26-14-4-5-21(26)19-8-11-22-23(17-19)31-16-15-30-22/h6-11,17,21H,1-5,12-16H2/t21-/m1/s1. The second-order valence-electron chi connectivity index (χ2n) is 8.55. The summed E-state index contributed by atoms with van der Waals surface area (Å²) in [5, 5.41) is 0. The number of carbonyl (C=O) groups is 1. The molecule has 0 radical (unpaired) electrons. The summed E-state index contributed by atoms with van der Waals surface area (Å²) in [4.78, 5) is 15.4. The van der Waals surface area contributed by atoms with E-state index >= 15 is 0 Å². The molecule has 3 aliphatic heterocycles. The van der Waals surface area contributed by atoms with Crippen molar-refractivity contribution in [2.45, 2.75) is 43.0 Å². The molecule has 0 N–H and O–H groups in total. The molecule has 170 valence electrons. The molecule has 3 aliphatic rings. The molecule has 8 heteroatoms. The minimum atomic E-state index is -3.50. The number of ether oxygens (including phenoxy) is 2. The van der Waals surface area contributed by atoms with E-state index in [0.29, 0.717) is 38.4 Å². The van der Waals surface area contributed by atoms with Gasteiger partial charge < -0.3 is 14.4 Å². The highest BCUT2D eigenvalue weighted by Crippen LogP contribution is 2.38. The van der Waals surface area contributed by atoms with E-state index < -0.39 is 10.0 Å². The van der Waals surface area contributed by atoms with Crippen LogP contribution in [0.25, 0.3) is 0 Å². The molecular formula is C24H28N2O5S. The first-order valence-electron chi connectivity index (χ1n) is 11.3. The predicted molar refractivity (Wildman–Crippen MR) is 119 cm³/mol. The SMILES string of the molecule is O=C(c1ccc(S(=O)(=O)N2CCCCC2)cc1)N1CCC[C@@H]1c1ccc2c(c1)OCCO2. The van der Waals surface area contributed by atoms with Crippen LogP contribution >= 0.6 is 0 Å². The van der Waals surface area contributed by atoms with Crippen LogP contribution in [0, 0.1) is 0 Å². The van der Waals surface area contributed by atoms with Crippen molar-refractivity contribution in [2.24, 2.45) is 0 Å². The Balaban J connectivity index is 1.34. The van der Waals surface area contributed by atoms with Gasteiger partial charge in [0.05, 0.1) is 10.9 Å². The molecule has 1 atom stereocenters. The van der Waals surface area contributed by atoms with Gasteiger partial charge in [-0.2, -0.15) is 4.31 Å². The Kier molecular flexibility index (Phi) is 5.82. The summed E-state index contributed by atoms with van der Waals surface area (Å²) in [6.07, 6.45) is 4.66. The van der Waals surface area contributed by atoms with Crippen LogP contribution in [0.15, 0.2) is 47.4 Å². The number of likely N-dealkylation sites (tertiary alicyclic amines) is 1. The van der Waals surface area contributed by atoms with Gasteiger partial charge >= 0.3 is 0 Å². The van der Waals surface area contributed by atoms with Crippen molar-refractivity contribution in [1.29, 1.82) is 0 Å². The van der Waals surface area contributed by atoms with Gasteiger partial charge in [0.25, 0.3) is 5.91 Å². The first-order chi connectivity index (χ1) is 15.5. The number of rotatable bonds is 4. The smallest absolute Gasteiger partial charge is 0.254 e. The number of nitrogens with zero attached hydrogens (tertiary/aromatic N) is 2. The maximum absolute atomic E-state index is 13.3. The van der Waals surface area contributed by atoms with Crippen molar-refractivity contribution < 1.29 is 22.7 Å². The number of carbonyl (C=O) groups excluding carboxylic acids is 1. The second-order valence-corrected chi connectivity index (χ2v) is 10.5. The lowest BCUT2D eigenvalue weighted by Crippen LogP contribution is -2.35. The van der Waals surface area contributed by atoms with Crippen LogP contribution in [0.1, 0.15) is 54.1 Å². The van der Waals surface area contributed by atoms with Crippen molar-refractivity contribution >= 4 is 15.9 Å². The summed E-state index contributed by atoms with van der Waals surface area (Å²) in [7, 11) is -3.50. The predicted octanol–water partition coefficient (Wildman–Crippen LogP) is 3.61. The van der Waals surface area contributed by atoms with E-state index in [4.69, 9.17) is 9.47 Å². The molecule has 1 amide bonds. The van der Waals surface area contributed by atoms with Gasteiger partial charge in [-0.1, -0.05) is 12.5 Å². The molecular weight excluding hydrogens is 428 g/mol. The number of hydrogen-bond donors (Lipinski definition) is 0. The van der Waals surface area contributed by atoms with E-state index in [0.717, 1.165) is 49.2 Å². The van der Waals surface area contributed by atoms with E-state index in [-0.39, 0.29) is 16.8 Å². The molecule has 7 nitrogen and oxygen atoms in total. The van der Waals surface area contributed by atoms with Gasteiger partial charge in [0.1, 0.15) is 13.2 Å². The summed E-state index contributed by atoms with van der Waals surface area (Å²) >= 11 is 0. The highest BCUT2D eigenvalue weighted by molar-refractivity contribution is 7.89.